The van der Waals surface area contributed by atoms with Crippen LogP contribution in [-0.2, 0) is 6.54 Å². The van der Waals surface area contributed by atoms with Crippen LogP contribution in [0.1, 0.15) is 4.88 Å². The molecular weight excluding hydrogens is 302 g/mol. The Morgan fingerprint density at radius 3 is 2.93 bits per heavy atom. The van der Waals surface area contributed by atoms with Gasteiger partial charge in [-0.3, -0.25) is 5.10 Å². The molecule has 2 heterocycles. The van der Waals surface area contributed by atoms with E-state index in [4.69, 9.17) is 12.2 Å². The lowest BCUT2D eigenvalue weighted by atomic mass is 10.5. The van der Waals surface area contributed by atoms with Gasteiger partial charge in [0.15, 0.2) is 3.95 Å². The summed E-state index contributed by atoms with van der Waals surface area (Å²) in [5, 5.41) is 10.8. The Hall–Kier alpha value is -0.240. The summed E-state index contributed by atoms with van der Waals surface area (Å²) in [6.45, 7) is 0.784. The summed E-state index contributed by atoms with van der Waals surface area (Å²) in [4.78, 5) is 1.26. The second-order valence-corrected chi connectivity index (χ2v) is 6.69. The van der Waals surface area contributed by atoms with E-state index in [2.05, 4.69) is 37.5 Å². The summed E-state index contributed by atoms with van der Waals surface area (Å²) >= 11 is 11.5. The number of rotatable bonds is 3. The van der Waals surface area contributed by atoms with Gasteiger partial charge in [0.05, 0.1) is 10.3 Å². The van der Waals surface area contributed by atoms with E-state index in [1.165, 1.54) is 16.2 Å². The monoisotopic (exact) mass is 307 g/mol. The average Bonchev–Trinajstić information content (AvgIpc) is 2.72. The van der Waals surface area contributed by atoms with Gasteiger partial charge in [-0.2, -0.15) is 0 Å². The highest BCUT2D eigenvalue weighted by atomic mass is 79.9. The number of aromatic amines is 1. The summed E-state index contributed by atoms with van der Waals surface area (Å²) in [6, 6.07) is 4.11. The molecule has 2 rings (SSSR count). The first-order chi connectivity index (χ1) is 6.74. The summed E-state index contributed by atoms with van der Waals surface area (Å²) in [7, 11) is 0. The van der Waals surface area contributed by atoms with Crippen LogP contribution in [0.4, 0.5) is 5.13 Å². The third kappa shape index (κ3) is 2.63. The van der Waals surface area contributed by atoms with Gasteiger partial charge in [0.1, 0.15) is 0 Å². The standard InChI is InChI=1S/C7H6BrN3S3/c8-5-2-1-4(13-5)3-9-6-10-11-7(12)14-6/h1-2H,3H2,(H,9,10)(H,11,12). The second kappa shape index (κ2) is 4.52. The Labute approximate surface area is 102 Å². The zero-order chi connectivity index (χ0) is 9.97. The van der Waals surface area contributed by atoms with E-state index < -0.39 is 0 Å². The van der Waals surface area contributed by atoms with Gasteiger partial charge < -0.3 is 5.32 Å². The maximum absolute atomic E-state index is 4.92. The predicted octanol–water partition coefficient (Wildman–Crippen LogP) is 3.64. The fourth-order valence-electron chi connectivity index (χ4n) is 0.915. The Morgan fingerprint density at radius 1 is 1.50 bits per heavy atom. The van der Waals surface area contributed by atoms with Crippen LogP contribution in [0.3, 0.4) is 0 Å². The van der Waals surface area contributed by atoms with E-state index in [9.17, 15) is 0 Å². The van der Waals surface area contributed by atoms with Gasteiger partial charge in [-0.15, -0.1) is 16.4 Å². The number of H-pyrrole nitrogens is 1. The van der Waals surface area contributed by atoms with E-state index in [-0.39, 0.29) is 0 Å². The summed E-state index contributed by atoms with van der Waals surface area (Å²) < 4.78 is 1.84. The molecule has 0 aliphatic heterocycles. The Kier molecular flexibility index (Phi) is 3.32. The Balaban J connectivity index is 1.98. The van der Waals surface area contributed by atoms with E-state index in [0.717, 1.165) is 15.5 Å². The molecule has 0 spiro atoms. The van der Waals surface area contributed by atoms with E-state index in [1.54, 1.807) is 11.3 Å². The summed E-state index contributed by atoms with van der Waals surface area (Å²) in [5.41, 5.74) is 0. The van der Waals surface area contributed by atoms with Crippen molar-refractivity contribution >= 4 is 56.0 Å². The molecule has 2 aromatic rings. The van der Waals surface area contributed by atoms with Gasteiger partial charge in [-0.25, -0.2) is 0 Å². The summed E-state index contributed by atoms with van der Waals surface area (Å²) in [5.74, 6) is 0. The van der Waals surface area contributed by atoms with Crippen LogP contribution < -0.4 is 5.32 Å². The van der Waals surface area contributed by atoms with Gasteiger partial charge >= 0.3 is 0 Å². The molecule has 2 N–H and O–H groups in total. The third-order valence-corrected chi connectivity index (χ3v) is 4.15. The average molecular weight is 308 g/mol. The maximum atomic E-state index is 4.92. The lowest BCUT2D eigenvalue weighted by molar-refractivity contribution is 1.05. The molecule has 0 fully saturated rings. The normalized spacial score (nSPS) is 10.4. The second-order valence-electron chi connectivity index (χ2n) is 2.48. The number of nitrogens with one attached hydrogen (secondary N) is 2. The zero-order valence-corrected chi connectivity index (χ0v) is 10.9. The van der Waals surface area contributed by atoms with Crippen molar-refractivity contribution in [1.29, 1.82) is 0 Å². The molecule has 0 saturated heterocycles. The minimum absolute atomic E-state index is 0.694. The number of anilines is 1. The fourth-order valence-corrected chi connectivity index (χ4v) is 3.12. The molecule has 0 aromatic carbocycles. The first-order valence-corrected chi connectivity index (χ1v) is 6.61. The van der Waals surface area contributed by atoms with Gasteiger partial charge in [0, 0.05) is 4.88 Å². The Bertz CT molecular complexity index is 472. The van der Waals surface area contributed by atoms with Crippen LogP contribution in [0.25, 0.3) is 0 Å². The molecule has 0 aliphatic carbocycles. The van der Waals surface area contributed by atoms with Crippen molar-refractivity contribution in [2.45, 2.75) is 6.54 Å². The highest BCUT2D eigenvalue weighted by Crippen LogP contribution is 2.23. The van der Waals surface area contributed by atoms with Gasteiger partial charge in [0.2, 0.25) is 5.13 Å². The van der Waals surface area contributed by atoms with Crippen molar-refractivity contribution in [1.82, 2.24) is 10.2 Å². The fraction of sp³-hybridized carbons (Fsp3) is 0.143. The lowest BCUT2D eigenvalue weighted by Gasteiger charge is -1.97. The van der Waals surface area contributed by atoms with Crippen molar-refractivity contribution in [2.75, 3.05) is 5.32 Å². The molecule has 0 aliphatic rings. The van der Waals surface area contributed by atoms with E-state index in [1.807, 2.05) is 6.07 Å². The lowest BCUT2D eigenvalue weighted by Crippen LogP contribution is -1.96. The summed E-state index contributed by atoms with van der Waals surface area (Å²) in [6.07, 6.45) is 0. The molecule has 0 amide bonds. The van der Waals surface area contributed by atoms with Crippen LogP contribution in [-0.4, -0.2) is 10.2 Å². The molecule has 0 atom stereocenters. The quantitative estimate of drug-likeness (QED) is 0.851. The van der Waals surface area contributed by atoms with Crippen molar-refractivity contribution in [2.24, 2.45) is 0 Å². The molecule has 74 valence electrons. The van der Waals surface area contributed by atoms with Crippen molar-refractivity contribution in [3.63, 3.8) is 0 Å². The first-order valence-electron chi connectivity index (χ1n) is 3.77. The molecule has 0 saturated carbocycles. The molecule has 2 aromatic heterocycles. The number of nitrogens with zero attached hydrogens (tertiary/aromatic N) is 1. The van der Waals surface area contributed by atoms with Gasteiger partial charge in [-0.1, -0.05) is 11.3 Å². The van der Waals surface area contributed by atoms with Crippen LogP contribution in [0, 0.1) is 3.95 Å². The topological polar surface area (TPSA) is 40.7 Å². The van der Waals surface area contributed by atoms with Gasteiger partial charge in [-0.05, 0) is 40.3 Å². The van der Waals surface area contributed by atoms with Crippen LogP contribution in [0.2, 0.25) is 0 Å². The third-order valence-electron chi connectivity index (χ3n) is 1.48. The minimum atomic E-state index is 0.694. The van der Waals surface area contributed by atoms with Crippen molar-refractivity contribution in [3.05, 3.63) is 24.8 Å². The van der Waals surface area contributed by atoms with E-state index in [0.29, 0.717) is 3.95 Å². The highest BCUT2D eigenvalue weighted by Gasteiger charge is 1.99. The van der Waals surface area contributed by atoms with Crippen LogP contribution in [0.5, 0.6) is 0 Å². The Morgan fingerprint density at radius 2 is 2.36 bits per heavy atom. The van der Waals surface area contributed by atoms with Gasteiger partial charge in [0.25, 0.3) is 0 Å². The zero-order valence-electron chi connectivity index (χ0n) is 6.91. The molecule has 3 nitrogen and oxygen atoms in total. The SMILES string of the molecule is S=c1[nH]nc(NCc2ccc(Br)s2)s1. The minimum Gasteiger partial charge on any atom is -0.355 e. The number of hydrogen-bond acceptors (Lipinski definition) is 5. The molecule has 7 heteroatoms. The van der Waals surface area contributed by atoms with Crippen molar-refractivity contribution < 1.29 is 0 Å². The van der Waals surface area contributed by atoms with Crippen LogP contribution >= 0.6 is 50.8 Å². The first kappa shape index (κ1) is 10.3. The molecule has 0 unspecified atom stereocenters. The molecule has 0 radical (unpaired) electrons. The number of aromatic nitrogens is 2. The highest BCUT2D eigenvalue weighted by molar-refractivity contribution is 9.11. The molecule has 14 heavy (non-hydrogen) atoms. The predicted molar refractivity (Wildman–Crippen MR) is 66.6 cm³/mol. The number of halogens is 1. The molecular formula is C7H6BrN3S3. The van der Waals surface area contributed by atoms with E-state index >= 15 is 0 Å². The molecule has 0 bridgehead atoms. The maximum Gasteiger partial charge on any atom is 0.204 e. The number of hydrogen-bond donors (Lipinski definition) is 2. The smallest absolute Gasteiger partial charge is 0.204 e. The largest absolute Gasteiger partial charge is 0.355 e. The van der Waals surface area contributed by atoms with Crippen LogP contribution in [0.15, 0.2) is 15.9 Å². The van der Waals surface area contributed by atoms with Crippen molar-refractivity contribution in [3.8, 4) is 0 Å². The number of thiophene rings is 1.